The number of fused-ring (bicyclic) bond motifs is 1. The molecular weight excluding hydrogens is 361 g/mol. The second-order valence-corrected chi connectivity index (χ2v) is 8.18. The fourth-order valence-electron chi connectivity index (χ4n) is 3.60. The maximum absolute atomic E-state index is 13.2. The molecule has 0 saturated heterocycles. The van der Waals surface area contributed by atoms with Gasteiger partial charge in [0.1, 0.15) is 5.82 Å². The number of nitrogens with zero attached hydrogens (tertiary/aromatic N) is 3. The second kappa shape index (κ2) is 7.27. The van der Waals surface area contributed by atoms with Crippen molar-refractivity contribution in [3.8, 4) is 0 Å². The third-order valence-electron chi connectivity index (χ3n) is 5.04. The number of carbonyl (C=O) groups is 1. The summed E-state index contributed by atoms with van der Waals surface area (Å²) in [4.78, 5) is 22.5. The zero-order chi connectivity index (χ0) is 19.0. The van der Waals surface area contributed by atoms with Crippen LogP contribution in [0.5, 0.6) is 0 Å². The lowest BCUT2D eigenvalue weighted by atomic mass is 10.0. The van der Waals surface area contributed by atoms with Crippen molar-refractivity contribution in [1.82, 2.24) is 14.8 Å². The van der Waals surface area contributed by atoms with Crippen LogP contribution in [-0.4, -0.2) is 33.8 Å². The molecule has 0 radical (unpaired) electrons. The van der Waals surface area contributed by atoms with Gasteiger partial charge in [0.15, 0.2) is 0 Å². The van der Waals surface area contributed by atoms with E-state index in [0.29, 0.717) is 26.2 Å². The van der Waals surface area contributed by atoms with Gasteiger partial charge >= 0.3 is 0 Å². The maximum Gasteiger partial charge on any atom is 0.242 e. The summed E-state index contributed by atoms with van der Waals surface area (Å²) in [5.74, 6) is -0.0956. The van der Waals surface area contributed by atoms with E-state index in [-0.39, 0.29) is 11.7 Å². The molecule has 0 saturated carbocycles. The molecule has 3 heterocycles. The molecule has 140 valence electrons. The molecule has 1 amide bonds. The van der Waals surface area contributed by atoms with Gasteiger partial charge in [-0.05, 0) is 42.7 Å². The molecule has 6 heteroatoms. The Bertz CT molecular complexity index is 906. The molecule has 0 bridgehead atoms. The lowest BCUT2D eigenvalue weighted by Crippen LogP contribution is -2.38. The summed E-state index contributed by atoms with van der Waals surface area (Å²) in [6, 6.07) is 6.55. The Kier molecular flexibility index (Phi) is 4.83. The van der Waals surface area contributed by atoms with Crippen molar-refractivity contribution in [3.63, 3.8) is 0 Å². The highest BCUT2D eigenvalue weighted by Crippen LogP contribution is 2.29. The van der Waals surface area contributed by atoms with E-state index in [1.807, 2.05) is 11.8 Å². The molecule has 1 aromatic carbocycles. The van der Waals surface area contributed by atoms with Crippen molar-refractivity contribution in [2.75, 3.05) is 13.1 Å². The monoisotopic (exact) mass is 383 g/mol. The average molecular weight is 383 g/mol. The number of aryl methyl sites for hydroxylation is 1. The third kappa shape index (κ3) is 3.67. The van der Waals surface area contributed by atoms with E-state index < -0.39 is 0 Å². The minimum atomic E-state index is -0.231. The van der Waals surface area contributed by atoms with Crippen LogP contribution < -0.4 is 0 Å². The van der Waals surface area contributed by atoms with E-state index >= 15 is 0 Å². The molecule has 4 nitrogen and oxygen atoms in total. The minimum Gasteiger partial charge on any atom is -0.362 e. The number of rotatable bonds is 4. The van der Waals surface area contributed by atoms with Crippen LogP contribution in [0.4, 0.5) is 4.39 Å². The standard InChI is InChI=1S/C21H22FN3OS/c1-3-18-10-16(15-4-6-17(22)7-5-15)8-9-24(18)13-21(26)25-11-19-20(12-25)27-14(2)23-19/h4-8,10H,3,9,11-13H2,1-2H3. The fourth-order valence-corrected chi connectivity index (χ4v) is 4.56. The van der Waals surface area contributed by atoms with Crippen molar-refractivity contribution in [2.24, 2.45) is 0 Å². The van der Waals surface area contributed by atoms with Crippen molar-refractivity contribution in [2.45, 2.75) is 33.4 Å². The summed E-state index contributed by atoms with van der Waals surface area (Å²) in [5.41, 5.74) is 4.26. The van der Waals surface area contributed by atoms with Crippen molar-refractivity contribution < 1.29 is 9.18 Å². The highest BCUT2D eigenvalue weighted by atomic mass is 32.1. The Morgan fingerprint density at radius 3 is 2.74 bits per heavy atom. The summed E-state index contributed by atoms with van der Waals surface area (Å²) in [6.45, 7) is 6.46. The number of benzene rings is 1. The minimum absolute atomic E-state index is 0.135. The van der Waals surface area contributed by atoms with Crippen LogP contribution in [0.1, 0.15) is 34.5 Å². The number of allylic oxidation sites excluding steroid dienone is 3. The summed E-state index contributed by atoms with van der Waals surface area (Å²) in [5, 5.41) is 1.07. The molecule has 0 fully saturated rings. The van der Waals surface area contributed by atoms with E-state index in [0.717, 1.165) is 34.0 Å². The Hall–Kier alpha value is -2.47. The molecule has 1 aromatic heterocycles. The number of carbonyl (C=O) groups excluding carboxylic acids is 1. The SMILES string of the molecule is CCC1=CC(c2ccc(F)cc2)=CCN1CC(=O)N1Cc2nc(C)sc2C1. The molecule has 4 rings (SSSR count). The zero-order valence-electron chi connectivity index (χ0n) is 15.5. The second-order valence-electron chi connectivity index (χ2n) is 6.89. The van der Waals surface area contributed by atoms with E-state index in [1.165, 1.54) is 17.0 Å². The quantitative estimate of drug-likeness (QED) is 0.797. The smallest absolute Gasteiger partial charge is 0.242 e. The van der Waals surface area contributed by atoms with Gasteiger partial charge in [0, 0.05) is 17.1 Å². The highest BCUT2D eigenvalue weighted by molar-refractivity contribution is 7.11. The number of halogens is 1. The number of amides is 1. The first kappa shape index (κ1) is 17.9. The van der Waals surface area contributed by atoms with Crippen LogP contribution in [0.3, 0.4) is 0 Å². The van der Waals surface area contributed by atoms with Gasteiger partial charge in [-0.2, -0.15) is 0 Å². The van der Waals surface area contributed by atoms with Crippen LogP contribution in [0.2, 0.25) is 0 Å². The van der Waals surface area contributed by atoms with Crippen LogP contribution >= 0.6 is 11.3 Å². The summed E-state index contributed by atoms with van der Waals surface area (Å²) in [7, 11) is 0. The largest absolute Gasteiger partial charge is 0.362 e. The molecule has 0 spiro atoms. The van der Waals surface area contributed by atoms with Gasteiger partial charge in [-0.1, -0.05) is 25.1 Å². The Labute approximate surface area is 162 Å². The molecule has 0 atom stereocenters. The normalized spacial score (nSPS) is 16.3. The Morgan fingerprint density at radius 2 is 2.04 bits per heavy atom. The first-order chi connectivity index (χ1) is 13.0. The fraction of sp³-hybridized carbons (Fsp3) is 0.333. The molecule has 2 aromatic rings. The highest BCUT2D eigenvalue weighted by Gasteiger charge is 2.28. The first-order valence-electron chi connectivity index (χ1n) is 9.18. The van der Waals surface area contributed by atoms with Gasteiger partial charge < -0.3 is 9.80 Å². The van der Waals surface area contributed by atoms with Crippen molar-refractivity contribution in [1.29, 1.82) is 0 Å². The lowest BCUT2D eigenvalue weighted by molar-refractivity contribution is -0.132. The van der Waals surface area contributed by atoms with Gasteiger partial charge in [0.05, 0.1) is 30.3 Å². The molecule has 2 aliphatic rings. The predicted molar refractivity (Wildman–Crippen MR) is 105 cm³/mol. The molecule has 0 aliphatic carbocycles. The van der Waals surface area contributed by atoms with E-state index in [9.17, 15) is 9.18 Å². The Morgan fingerprint density at radius 1 is 1.26 bits per heavy atom. The van der Waals surface area contributed by atoms with E-state index in [4.69, 9.17) is 0 Å². The lowest BCUT2D eigenvalue weighted by Gasteiger charge is -2.30. The third-order valence-corrected chi connectivity index (χ3v) is 6.04. The molecule has 27 heavy (non-hydrogen) atoms. The van der Waals surface area contributed by atoms with Crippen LogP contribution in [0, 0.1) is 12.7 Å². The number of aromatic nitrogens is 1. The molecule has 0 N–H and O–H groups in total. The van der Waals surface area contributed by atoms with Gasteiger partial charge in [-0.15, -0.1) is 11.3 Å². The zero-order valence-corrected chi connectivity index (χ0v) is 16.4. The van der Waals surface area contributed by atoms with E-state index in [1.54, 1.807) is 23.5 Å². The topological polar surface area (TPSA) is 36.4 Å². The van der Waals surface area contributed by atoms with Gasteiger partial charge in [-0.25, -0.2) is 9.37 Å². The summed E-state index contributed by atoms with van der Waals surface area (Å²) < 4.78 is 13.2. The van der Waals surface area contributed by atoms with Gasteiger partial charge in [0.25, 0.3) is 0 Å². The average Bonchev–Trinajstić information content (AvgIpc) is 3.20. The van der Waals surface area contributed by atoms with Crippen molar-refractivity contribution >= 4 is 22.8 Å². The van der Waals surface area contributed by atoms with Gasteiger partial charge in [-0.3, -0.25) is 4.79 Å². The number of thiazole rings is 1. The summed E-state index contributed by atoms with van der Waals surface area (Å²) >= 11 is 1.68. The molecule has 0 unspecified atom stereocenters. The van der Waals surface area contributed by atoms with Crippen LogP contribution in [0.25, 0.3) is 5.57 Å². The maximum atomic E-state index is 13.2. The predicted octanol–water partition coefficient (Wildman–Crippen LogP) is 4.13. The van der Waals surface area contributed by atoms with E-state index in [2.05, 4.69) is 29.0 Å². The van der Waals surface area contributed by atoms with Crippen LogP contribution in [-0.2, 0) is 17.9 Å². The van der Waals surface area contributed by atoms with Crippen LogP contribution in [0.15, 0.2) is 42.1 Å². The van der Waals surface area contributed by atoms with Crippen molar-refractivity contribution in [3.05, 3.63) is 69.1 Å². The number of hydrogen-bond donors (Lipinski definition) is 0. The molecular formula is C21H22FN3OS. The summed E-state index contributed by atoms with van der Waals surface area (Å²) in [6.07, 6.45) is 5.06. The first-order valence-corrected chi connectivity index (χ1v) is 9.99. The Balaban J connectivity index is 1.43. The van der Waals surface area contributed by atoms with Gasteiger partial charge in [0.2, 0.25) is 5.91 Å². The molecule has 2 aliphatic heterocycles. The number of hydrogen-bond acceptors (Lipinski definition) is 4.